The van der Waals surface area contributed by atoms with Gasteiger partial charge in [0.15, 0.2) is 11.2 Å². The Bertz CT molecular complexity index is 1530. The highest BCUT2D eigenvalue weighted by Crippen LogP contribution is 2.25. The number of hydrogen-bond donors (Lipinski definition) is 0. The van der Waals surface area contributed by atoms with Gasteiger partial charge in [-0.1, -0.05) is 72.3 Å². The molecule has 1 saturated heterocycles. The topological polar surface area (TPSA) is 68.3 Å². The second-order valence-electron chi connectivity index (χ2n) is 9.07. The first-order chi connectivity index (χ1) is 17.4. The molecule has 9 heteroatoms. The molecule has 0 amide bonds. The van der Waals surface area contributed by atoms with E-state index in [0.29, 0.717) is 28.7 Å². The van der Waals surface area contributed by atoms with E-state index in [9.17, 15) is 9.59 Å². The lowest BCUT2D eigenvalue weighted by Crippen LogP contribution is -2.47. The summed E-state index contributed by atoms with van der Waals surface area (Å²) in [6.45, 7) is 4.52. The van der Waals surface area contributed by atoms with Crippen LogP contribution >= 0.6 is 11.6 Å². The van der Waals surface area contributed by atoms with Crippen LogP contribution in [0, 0.1) is 0 Å². The maximum Gasteiger partial charge on any atom is 0.332 e. The molecule has 36 heavy (non-hydrogen) atoms. The van der Waals surface area contributed by atoms with E-state index in [2.05, 4.69) is 34.1 Å². The third-order valence-electron chi connectivity index (χ3n) is 6.74. The molecule has 0 bridgehead atoms. The molecule has 2 aromatic carbocycles. The van der Waals surface area contributed by atoms with Crippen LogP contribution in [0.4, 0.5) is 5.95 Å². The lowest BCUT2D eigenvalue weighted by Gasteiger charge is -2.35. The summed E-state index contributed by atoms with van der Waals surface area (Å²) in [5.41, 5.74) is 2.12. The van der Waals surface area contributed by atoms with Gasteiger partial charge < -0.3 is 4.90 Å². The Morgan fingerprint density at radius 2 is 1.61 bits per heavy atom. The number of fused-ring (bicyclic) bond motifs is 1. The van der Waals surface area contributed by atoms with Crippen molar-refractivity contribution in [2.24, 2.45) is 14.1 Å². The van der Waals surface area contributed by atoms with E-state index in [4.69, 9.17) is 16.6 Å². The number of rotatable bonds is 6. The van der Waals surface area contributed by atoms with Gasteiger partial charge in [-0.05, 0) is 17.2 Å². The van der Waals surface area contributed by atoms with Crippen molar-refractivity contribution >= 4 is 34.8 Å². The molecule has 0 aliphatic carbocycles. The van der Waals surface area contributed by atoms with E-state index >= 15 is 0 Å². The minimum absolute atomic E-state index is 0.358. The molecule has 3 heterocycles. The molecule has 0 atom stereocenters. The van der Waals surface area contributed by atoms with E-state index in [1.54, 1.807) is 7.05 Å². The summed E-state index contributed by atoms with van der Waals surface area (Å²) in [6, 6.07) is 17.9. The zero-order chi connectivity index (χ0) is 25.2. The highest BCUT2D eigenvalue weighted by molar-refractivity contribution is 6.31. The molecule has 0 saturated carbocycles. The molecular formula is C27H29ClN6O2. The van der Waals surface area contributed by atoms with Gasteiger partial charge in [-0.15, -0.1) is 0 Å². The minimum atomic E-state index is -0.392. The highest BCUT2D eigenvalue weighted by Gasteiger charge is 2.25. The van der Waals surface area contributed by atoms with Gasteiger partial charge in [-0.2, -0.15) is 4.98 Å². The summed E-state index contributed by atoms with van der Waals surface area (Å²) in [6.07, 6.45) is 4.34. The summed E-state index contributed by atoms with van der Waals surface area (Å²) in [5, 5.41) is 0.627. The SMILES string of the molecule is Cn1c(=O)c2c(nc(N3CCN(C/C=C/c4ccccc4)CC3)n2Cc2ccccc2Cl)n(C)c1=O. The fourth-order valence-electron chi connectivity index (χ4n) is 4.66. The van der Waals surface area contributed by atoms with E-state index in [1.807, 2.05) is 47.0 Å². The number of anilines is 1. The third-order valence-corrected chi connectivity index (χ3v) is 7.11. The van der Waals surface area contributed by atoms with Crippen LogP contribution in [-0.2, 0) is 20.6 Å². The van der Waals surface area contributed by atoms with Crippen molar-refractivity contribution in [1.82, 2.24) is 23.6 Å². The lowest BCUT2D eigenvalue weighted by atomic mass is 10.2. The number of imidazole rings is 1. The molecule has 186 valence electrons. The molecule has 1 aliphatic heterocycles. The van der Waals surface area contributed by atoms with Crippen molar-refractivity contribution in [2.45, 2.75) is 6.54 Å². The summed E-state index contributed by atoms with van der Waals surface area (Å²) in [5.74, 6) is 0.683. The number of nitrogens with zero attached hydrogens (tertiary/aromatic N) is 6. The van der Waals surface area contributed by atoms with Crippen molar-refractivity contribution in [2.75, 3.05) is 37.6 Å². The van der Waals surface area contributed by atoms with Gasteiger partial charge in [0.1, 0.15) is 0 Å². The van der Waals surface area contributed by atoms with E-state index < -0.39 is 5.69 Å². The molecule has 0 N–H and O–H groups in total. The van der Waals surface area contributed by atoms with Crippen molar-refractivity contribution < 1.29 is 0 Å². The molecule has 8 nitrogen and oxygen atoms in total. The maximum atomic E-state index is 13.2. The van der Waals surface area contributed by atoms with Crippen LogP contribution in [0.2, 0.25) is 5.02 Å². The molecule has 1 aliphatic rings. The van der Waals surface area contributed by atoms with Crippen LogP contribution in [0.1, 0.15) is 11.1 Å². The first kappa shape index (κ1) is 24.1. The predicted molar refractivity (Wildman–Crippen MR) is 145 cm³/mol. The fraction of sp³-hybridized carbons (Fsp3) is 0.296. The summed E-state index contributed by atoms with van der Waals surface area (Å²) >= 11 is 6.47. The molecular weight excluding hydrogens is 476 g/mol. The molecule has 2 aromatic heterocycles. The van der Waals surface area contributed by atoms with E-state index in [0.717, 1.165) is 42.9 Å². The molecule has 0 radical (unpaired) electrons. The van der Waals surface area contributed by atoms with Gasteiger partial charge in [0.05, 0.1) is 6.54 Å². The third kappa shape index (κ3) is 4.62. The van der Waals surface area contributed by atoms with Gasteiger partial charge >= 0.3 is 5.69 Å². The molecule has 0 unspecified atom stereocenters. The largest absolute Gasteiger partial charge is 0.340 e. The van der Waals surface area contributed by atoms with E-state index in [-0.39, 0.29) is 5.56 Å². The fourth-order valence-corrected chi connectivity index (χ4v) is 4.85. The van der Waals surface area contributed by atoms with Crippen LogP contribution in [0.5, 0.6) is 0 Å². The maximum absolute atomic E-state index is 13.2. The molecule has 1 fully saturated rings. The zero-order valence-corrected chi connectivity index (χ0v) is 21.2. The van der Waals surface area contributed by atoms with Crippen LogP contribution in [0.3, 0.4) is 0 Å². The Morgan fingerprint density at radius 1 is 0.917 bits per heavy atom. The van der Waals surface area contributed by atoms with Crippen molar-refractivity contribution in [3.63, 3.8) is 0 Å². The van der Waals surface area contributed by atoms with Gasteiger partial charge in [-0.25, -0.2) is 4.79 Å². The highest BCUT2D eigenvalue weighted by atomic mass is 35.5. The van der Waals surface area contributed by atoms with E-state index in [1.165, 1.54) is 17.2 Å². The quantitative estimate of drug-likeness (QED) is 0.404. The van der Waals surface area contributed by atoms with Crippen LogP contribution in [0.25, 0.3) is 17.2 Å². The summed E-state index contributed by atoms with van der Waals surface area (Å²) < 4.78 is 4.48. The number of hydrogen-bond acceptors (Lipinski definition) is 5. The first-order valence-electron chi connectivity index (χ1n) is 12.0. The molecule has 5 rings (SSSR count). The smallest absolute Gasteiger partial charge is 0.332 e. The Labute approximate surface area is 214 Å². The summed E-state index contributed by atoms with van der Waals surface area (Å²) in [7, 11) is 3.15. The normalized spacial score (nSPS) is 14.8. The average molecular weight is 505 g/mol. The standard InChI is InChI=1S/C27H29ClN6O2/c1-30-24-23(25(35)31(2)27(30)36)34(19-21-12-6-7-13-22(21)28)26(29-24)33-17-15-32(16-18-33)14-8-11-20-9-4-3-5-10-20/h3-13H,14-19H2,1-2H3/b11-8+. The number of halogens is 1. The Kier molecular flexibility index (Phi) is 6.80. The van der Waals surface area contributed by atoms with Gasteiger partial charge in [-0.3, -0.25) is 23.4 Å². The second-order valence-corrected chi connectivity index (χ2v) is 9.48. The van der Waals surface area contributed by atoms with Crippen LogP contribution in [0.15, 0.2) is 70.3 Å². The van der Waals surface area contributed by atoms with Gasteiger partial charge in [0, 0.05) is 51.8 Å². The lowest BCUT2D eigenvalue weighted by molar-refractivity contribution is 0.282. The van der Waals surface area contributed by atoms with Gasteiger partial charge in [0.2, 0.25) is 5.95 Å². The average Bonchev–Trinajstić information content (AvgIpc) is 3.28. The monoisotopic (exact) mass is 504 g/mol. The van der Waals surface area contributed by atoms with Gasteiger partial charge in [0.25, 0.3) is 5.56 Å². The van der Waals surface area contributed by atoms with Crippen molar-refractivity contribution in [1.29, 1.82) is 0 Å². The van der Waals surface area contributed by atoms with Crippen molar-refractivity contribution in [3.8, 4) is 0 Å². The summed E-state index contributed by atoms with van der Waals surface area (Å²) in [4.78, 5) is 35.2. The van der Waals surface area contributed by atoms with Crippen LogP contribution in [-0.4, -0.2) is 56.3 Å². The predicted octanol–water partition coefficient (Wildman–Crippen LogP) is 2.97. The number of aryl methyl sites for hydroxylation is 1. The Balaban J connectivity index is 1.44. The minimum Gasteiger partial charge on any atom is -0.340 e. The number of aromatic nitrogens is 4. The molecule has 4 aromatic rings. The first-order valence-corrected chi connectivity index (χ1v) is 12.4. The number of piperazine rings is 1. The van der Waals surface area contributed by atoms with Crippen molar-refractivity contribution in [3.05, 3.63) is 97.7 Å². The zero-order valence-electron chi connectivity index (χ0n) is 20.5. The Hall–Kier alpha value is -3.62. The second kappa shape index (κ2) is 10.2. The Morgan fingerprint density at radius 3 is 2.33 bits per heavy atom. The molecule has 0 spiro atoms. The number of benzene rings is 2. The van der Waals surface area contributed by atoms with Crippen LogP contribution < -0.4 is 16.1 Å².